The minimum Gasteiger partial charge on any atom is -0.384 e. The number of halogens is 1. The van der Waals surface area contributed by atoms with E-state index in [1.165, 1.54) is 51.4 Å². The zero-order valence-electron chi connectivity index (χ0n) is 21.6. The van der Waals surface area contributed by atoms with Crippen LogP contribution in [0.2, 0.25) is 5.02 Å². The van der Waals surface area contributed by atoms with Gasteiger partial charge in [-0.15, -0.1) is 0 Å². The number of hydrogen-bond acceptors (Lipinski definition) is 3. The van der Waals surface area contributed by atoms with Gasteiger partial charge in [-0.2, -0.15) is 5.10 Å². The van der Waals surface area contributed by atoms with E-state index >= 15 is 0 Å². The molecule has 190 valence electrons. The molecule has 6 rings (SSSR count). The first-order chi connectivity index (χ1) is 16.9. The fourth-order valence-electron chi connectivity index (χ4n) is 9.78. The Hall–Kier alpha value is -1.39. The van der Waals surface area contributed by atoms with E-state index in [-0.39, 0.29) is 11.3 Å². The number of Topliss-reactive ketones (excluding diaryl/α,β-unsaturated/α-hetero) is 1. The summed E-state index contributed by atoms with van der Waals surface area (Å²) in [7, 11) is 1.91. The number of nitrogens with zero attached hydrogens (tertiary/aromatic N) is 2. The summed E-state index contributed by atoms with van der Waals surface area (Å²) in [5, 5.41) is 6.26. The fourth-order valence-corrected chi connectivity index (χ4v) is 9.97. The lowest BCUT2D eigenvalue weighted by Crippen LogP contribution is -2.56. The van der Waals surface area contributed by atoms with Gasteiger partial charge in [0.1, 0.15) is 6.54 Å². The predicted octanol–water partition coefficient (Wildman–Crippen LogP) is 7.18. The molecule has 2 aromatic rings. The van der Waals surface area contributed by atoms with Gasteiger partial charge in [-0.05, 0) is 110 Å². The molecule has 8 unspecified atom stereocenters. The number of rotatable bonds is 5. The molecule has 1 heterocycles. The third-order valence-electron chi connectivity index (χ3n) is 11.3. The Morgan fingerprint density at radius 3 is 2.83 bits per heavy atom. The highest BCUT2D eigenvalue weighted by Crippen LogP contribution is 2.68. The molecule has 4 aliphatic rings. The topological polar surface area (TPSA) is 44.1 Å². The van der Waals surface area contributed by atoms with Crippen LogP contribution in [0.15, 0.2) is 24.4 Å². The van der Waals surface area contributed by atoms with Crippen molar-refractivity contribution >= 4 is 28.3 Å². The van der Waals surface area contributed by atoms with Gasteiger partial charge < -0.3 is 4.74 Å². The van der Waals surface area contributed by atoms with Gasteiger partial charge in [-0.25, -0.2) is 0 Å². The van der Waals surface area contributed by atoms with Gasteiger partial charge in [-0.1, -0.05) is 31.9 Å². The van der Waals surface area contributed by atoms with Crippen molar-refractivity contribution in [3.63, 3.8) is 0 Å². The molecule has 5 heteroatoms. The second-order valence-corrected chi connectivity index (χ2v) is 13.3. The Morgan fingerprint density at radius 1 is 1.14 bits per heavy atom. The number of aromatic nitrogens is 2. The summed E-state index contributed by atoms with van der Waals surface area (Å²) in [5.41, 5.74) is 1.51. The van der Waals surface area contributed by atoms with Crippen molar-refractivity contribution in [2.45, 2.75) is 78.2 Å². The molecule has 4 nitrogen and oxygen atoms in total. The van der Waals surface area contributed by atoms with Crippen LogP contribution in [-0.4, -0.2) is 29.3 Å². The molecule has 1 aromatic carbocycles. The molecule has 0 spiro atoms. The van der Waals surface area contributed by atoms with Gasteiger partial charge in [0.2, 0.25) is 0 Å². The highest BCUT2D eigenvalue weighted by molar-refractivity contribution is 6.31. The maximum atomic E-state index is 13.8. The number of benzene rings is 1. The summed E-state index contributed by atoms with van der Waals surface area (Å²) < 4.78 is 7.84. The molecule has 0 N–H and O–H groups in total. The highest BCUT2D eigenvalue weighted by atomic mass is 35.5. The molecule has 35 heavy (non-hydrogen) atoms. The van der Waals surface area contributed by atoms with Crippen LogP contribution < -0.4 is 0 Å². The Balaban J connectivity index is 1.23. The van der Waals surface area contributed by atoms with Gasteiger partial charge in [0.05, 0.1) is 18.3 Å². The minimum atomic E-state index is 0.133. The maximum absolute atomic E-state index is 13.8. The second-order valence-electron chi connectivity index (χ2n) is 12.8. The quantitative estimate of drug-likeness (QED) is 0.440. The standard InChI is InChI=1S/C30H41ClN2O2/c1-19-10-13-30(18-35-3)21(14-19)4-6-23-24-7-8-26(29(24,2)12-11-25(23)30)28(34)17-33-27-9-5-22(31)15-20(27)16-32-33/h5,9,15-16,19,21,23-26H,4,6-8,10-14,17-18H2,1-3H3. The lowest BCUT2D eigenvalue weighted by Gasteiger charge is -2.61. The van der Waals surface area contributed by atoms with Crippen molar-refractivity contribution in [1.82, 2.24) is 9.78 Å². The number of methoxy groups -OCH3 is 1. The van der Waals surface area contributed by atoms with E-state index in [0.29, 0.717) is 28.7 Å². The molecule has 1 aromatic heterocycles. The molecular weight excluding hydrogens is 456 g/mol. The number of carbonyl (C=O) groups excluding carboxylic acids is 1. The molecule has 0 radical (unpaired) electrons. The summed E-state index contributed by atoms with van der Waals surface area (Å²) in [6, 6.07) is 5.80. The normalized spacial score (nSPS) is 40.8. The van der Waals surface area contributed by atoms with Crippen molar-refractivity contribution < 1.29 is 9.53 Å². The summed E-state index contributed by atoms with van der Waals surface area (Å²) in [4.78, 5) is 13.8. The van der Waals surface area contributed by atoms with Crippen molar-refractivity contribution in [2.24, 2.45) is 46.3 Å². The predicted molar refractivity (Wildman–Crippen MR) is 140 cm³/mol. The van der Waals surface area contributed by atoms with Gasteiger partial charge in [0.15, 0.2) is 5.78 Å². The van der Waals surface area contributed by atoms with Crippen LogP contribution in [0.5, 0.6) is 0 Å². The van der Waals surface area contributed by atoms with Crippen LogP contribution in [0.3, 0.4) is 0 Å². The van der Waals surface area contributed by atoms with Crippen LogP contribution in [0, 0.1) is 46.3 Å². The lowest BCUT2D eigenvalue weighted by atomic mass is 9.44. The zero-order chi connectivity index (χ0) is 24.4. The van der Waals surface area contributed by atoms with E-state index in [4.69, 9.17) is 16.3 Å². The van der Waals surface area contributed by atoms with E-state index in [1.54, 1.807) is 0 Å². The van der Waals surface area contributed by atoms with Crippen LogP contribution in [0.25, 0.3) is 10.9 Å². The average Bonchev–Trinajstić information content (AvgIpc) is 3.39. The summed E-state index contributed by atoms with van der Waals surface area (Å²) >= 11 is 6.16. The monoisotopic (exact) mass is 496 g/mol. The lowest BCUT2D eigenvalue weighted by molar-refractivity contribution is -0.154. The van der Waals surface area contributed by atoms with Gasteiger partial charge in [0, 0.05) is 23.4 Å². The van der Waals surface area contributed by atoms with Gasteiger partial charge in [0.25, 0.3) is 0 Å². The third-order valence-corrected chi connectivity index (χ3v) is 11.6. The first kappa shape index (κ1) is 24.0. The fraction of sp³-hybridized carbons (Fsp3) is 0.733. The number of ketones is 1. The molecular formula is C30H41ClN2O2. The van der Waals surface area contributed by atoms with Crippen LogP contribution in [-0.2, 0) is 16.1 Å². The smallest absolute Gasteiger partial charge is 0.157 e. The zero-order valence-corrected chi connectivity index (χ0v) is 22.4. The Morgan fingerprint density at radius 2 is 2.00 bits per heavy atom. The second kappa shape index (κ2) is 8.87. The minimum absolute atomic E-state index is 0.133. The van der Waals surface area contributed by atoms with E-state index in [0.717, 1.165) is 47.6 Å². The SMILES string of the molecule is COCC12CCC(C)CC1CCC1C3CCC(C(=O)Cn4ncc5cc(Cl)ccc54)C3(C)CCC12. The summed E-state index contributed by atoms with van der Waals surface area (Å²) in [6.07, 6.45) is 13.4. The van der Waals surface area contributed by atoms with Crippen molar-refractivity contribution in [3.8, 4) is 0 Å². The molecule has 4 aliphatic carbocycles. The van der Waals surface area contributed by atoms with Crippen molar-refractivity contribution in [1.29, 1.82) is 0 Å². The number of ether oxygens (including phenoxy) is 1. The summed E-state index contributed by atoms with van der Waals surface area (Å²) in [5.74, 6) is 4.44. The van der Waals surface area contributed by atoms with E-state index in [9.17, 15) is 4.79 Å². The Kier molecular flexibility index (Phi) is 6.08. The third kappa shape index (κ3) is 3.72. The van der Waals surface area contributed by atoms with E-state index < -0.39 is 0 Å². The van der Waals surface area contributed by atoms with Crippen molar-refractivity contribution in [3.05, 3.63) is 29.4 Å². The largest absolute Gasteiger partial charge is 0.384 e. The Labute approximate surface area is 215 Å². The van der Waals surface area contributed by atoms with E-state index in [2.05, 4.69) is 18.9 Å². The molecule has 0 amide bonds. The summed E-state index contributed by atoms with van der Waals surface area (Å²) in [6.45, 7) is 6.22. The van der Waals surface area contributed by atoms with Crippen LogP contribution in [0.1, 0.15) is 71.6 Å². The van der Waals surface area contributed by atoms with Crippen LogP contribution >= 0.6 is 11.6 Å². The molecule has 0 bridgehead atoms. The Bertz CT molecular complexity index is 1110. The molecule has 8 atom stereocenters. The molecule has 4 saturated carbocycles. The average molecular weight is 497 g/mol. The first-order valence-corrected chi connectivity index (χ1v) is 14.4. The maximum Gasteiger partial charge on any atom is 0.157 e. The molecule has 4 fully saturated rings. The van der Waals surface area contributed by atoms with Gasteiger partial charge >= 0.3 is 0 Å². The molecule has 0 saturated heterocycles. The number of carbonyl (C=O) groups is 1. The highest BCUT2D eigenvalue weighted by Gasteiger charge is 2.62. The number of hydrogen-bond donors (Lipinski definition) is 0. The van der Waals surface area contributed by atoms with Gasteiger partial charge in [-0.3, -0.25) is 9.48 Å². The van der Waals surface area contributed by atoms with Crippen LogP contribution in [0.4, 0.5) is 0 Å². The van der Waals surface area contributed by atoms with Crippen molar-refractivity contribution in [2.75, 3.05) is 13.7 Å². The first-order valence-electron chi connectivity index (χ1n) is 14.0. The number of fused-ring (bicyclic) bond motifs is 6. The molecule has 0 aliphatic heterocycles. The van der Waals surface area contributed by atoms with E-state index in [1.807, 2.05) is 36.2 Å².